The van der Waals surface area contributed by atoms with Crippen LogP contribution in [0.5, 0.6) is 0 Å². The summed E-state index contributed by atoms with van der Waals surface area (Å²) in [5.74, 6) is -2.28. The minimum absolute atomic E-state index is 0.0500. The van der Waals surface area contributed by atoms with Crippen molar-refractivity contribution in [3.05, 3.63) is 17.1 Å². The van der Waals surface area contributed by atoms with E-state index in [4.69, 9.17) is 10.6 Å². The Morgan fingerprint density at radius 1 is 1.37 bits per heavy atom. The number of carbonyl (C=O) groups excluding carboxylic acids is 2. The number of aromatic nitrogens is 2. The highest BCUT2D eigenvalue weighted by molar-refractivity contribution is 8.00. The fourth-order valence-corrected chi connectivity index (χ4v) is 6.30. The average molecular weight is 529 g/mol. The number of likely N-dealkylation sites (N-methyl/N-ethyl adjacent to an activating group) is 1. The van der Waals surface area contributed by atoms with E-state index in [0.717, 1.165) is 11.5 Å². The number of fused-ring (bicyclic) bond motifs is 1. The van der Waals surface area contributed by atoms with Gasteiger partial charge in [0.25, 0.3) is 11.8 Å². The number of piperidine rings is 1. The lowest BCUT2D eigenvalue weighted by molar-refractivity contribution is -0.914. The molecule has 3 aliphatic heterocycles. The second-order valence-corrected chi connectivity index (χ2v) is 10.7. The van der Waals surface area contributed by atoms with Gasteiger partial charge in [-0.3, -0.25) is 14.5 Å². The van der Waals surface area contributed by atoms with Crippen molar-refractivity contribution in [2.75, 3.05) is 45.3 Å². The third kappa shape index (κ3) is 4.84. The molecule has 0 aromatic carbocycles. The van der Waals surface area contributed by atoms with E-state index in [0.29, 0.717) is 35.3 Å². The number of hydrogen-bond acceptors (Lipinski definition) is 12. The highest BCUT2D eigenvalue weighted by atomic mass is 32.2. The minimum Gasteiger partial charge on any atom is -0.477 e. The number of nitrogens with two attached hydrogens (primary N) is 1. The molecule has 14 nitrogen and oxygen atoms in total. The van der Waals surface area contributed by atoms with E-state index in [1.165, 1.54) is 23.8 Å². The maximum atomic E-state index is 13.0. The largest absolute Gasteiger partial charge is 0.477 e. The van der Waals surface area contributed by atoms with Crippen LogP contribution in [0.4, 0.5) is 5.13 Å². The van der Waals surface area contributed by atoms with Gasteiger partial charge in [-0.15, -0.1) is 11.8 Å². The zero-order valence-corrected chi connectivity index (χ0v) is 20.6. The molecular formula is C19H26N7O7S2+. The van der Waals surface area contributed by atoms with Gasteiger partial charge < -0.3 is 35.7 Å². The number of quaternary nitrogens is 1. The first kappa shape index (κ1) is 25.3. The molecule has 0 bridgehead atoms. The van der Waals surface area contributed by atoms with Gasteiger partial charge in [0.15, 0.2) is 5.13 Å². The van der Waals surface area contributed by atoms with Crippen molar-refractivity contribution in [3.8, 4) is 0 Å². The zero-order valence-electron chi connectivity index (χ0n) is 18.9. The molecule has 0 aliphatic carbocycles. The molecule has 0 radical (unpaired) electrons. The Kier molecular flexibility index (Phi) is 7.01. The molecule has 5 atom stereocenters. The first-order valence-electron chi connectivity index (χ1n) is 10.7. The van der Waals surface area contributed by atoms with Crippen LogP contribution in [-0.4, -0.2) is 121 Å². The molecule has 4 rings (SSSR count). The predicted octanol–water partition coefficient (Wildman–Crippen LogP) is -2.22. The number of nitrogens with zero attached hydrogens (tertiary/aromatic N) is 5. The van der Waals surface area contributed by atoms with Crippen LogP contribution >= 0.6 is 23.3 Å². The van der Waals surface area contributed by atoms with Gasteiger partial charge >= 0.3 is 5.97 Å². The topological polar surface area (TPSA) is 201 Å². The van der Waals surface area contributed by atoms with E-state index >= 15 is 0 Å². The summed E-state index contributed by atoms with van der Waals surface area (Å²) in [6, 6.07) is -0.974. The summed E-state index contributed by atoms with van der Waals surface area (Å²) in [4.78, 5) is 47.8. The van der Waals surface area contributed by atoms with Crippen LogP contribution in [0.15, 0.2) is 16.4 Å². The Labute approximate surface area is 208 Å². The maximum absolute atomic E-state index is 13.0. The molecule has 2 amide bonds. The number of carboxylic acids is 1. The monoisotopic (exact) mass is 528 g/mol. The van der Waals surface area contributed by atoms with Crippen molar-refractivity contribution < 1.29 is 39.0 Å². The zero-order chi connectivity index (χ0) is 25.5. The molecule has 6 N–H and O–H groups in total. The first-order chi connectivity index (χ1) is 16.5. The highest BCUT2D eigenvalue weighted by Crippen LogP contribution is 2.41. The number of β-lactam (4-membered cyclic amide) rings is 1. The van der Waals surface area contributed by atoms with Crippen LogP contribution in [0, 0.1) is 0 Å². The van der Waals surface area contributed by atoms with Crippen molar-refractivity contribution in [2.24, 2.45) is 5.16 Å². The summed E-state index contributed by atoms with van der Waals surface area (Å²) in [6.07, 6.45) is -1.31. The molecule has 190 valence electrons. The fourth-order valence-electron chi connectivity index (χ4n) is 4.53. The van der Waals surface area contributed by atoms with E-state index in [1.807, 2.05) is 7.05 Å². The Balaban J connectivity index is 1.51. The Hall–Kier alpha value is -2.79. The van der Waals surface area contributed by atoms with Crippen molar-refractivity contribution in [3.63, 3.8) is 0 Å². The van der Waals surface area contributed by atoms with Crippen LogP contribution in [-0.2, 0) is 19.2 Å². The molecule has 0 saturated carbocycles. The number of rotatable bonds is 7. The van der Waals surface area contributed by atoms with Gasteiger partial charge in [-0.05, 0) is 0 Å². The summed E-state index contributed by atoms with van der Waals surface area (Å²) >= 11 is 2.21. The van der Waals surface area contributed by atoms with Crippen LogP contribution in [0.2, 0.25) is 0 Å². The fraction of sp³-hybridized carbons (Fsp3) is 0.579. The number of nitrogens with one attached hydrogen (secondary N) is 1. The molecular weight excluding hydrogens is 502 g/mol. The molecule has 1 aromatic heterocycles. The number of aliphatic carboxylic acids is 1. The number of thioether (sulfide) groups is 1. The maximum Gasteiger partial charge on any atom is 0.352 e. The molecule has 2 fully saturated rings. The number of carbonyl (C=O) groups is 3. The molecule has 35 heavy (non-hydrogen) atoms. The van der Waals surface area contributed by atoms with E-state index in [1.54, 1.807) is 0 Å². The second kappa shape index (κ2) is 9.69. The van der Waals surface area contributed by atoms with Crippen LogP contribution in [0.3, 0.4) is 0 Å². The van der Waals surface area contributed by atoms with Gasteiger partial charge in [0, 0.05) is 29.3 Å². The summed E-state index contributed by atoms with van der Waals surface area (Å²) < 4.78 is 4.28. The van der Waals surface area contributed by atoms with Gasteiger partial charge in [0.2, 0.25) is 11.5 Å². The number of hydrogen-bond donors (Lipinski definition) is 5. The lowest BCUT2D eigenvalue weighted by Crippen LogP contribution is -2.71. The summed E-state index contributed by atoms with van der Waals surface area (Å²) in [5, 5.41) is 35.6. The van der Waals surface area contributed by atoms with Gasteiger partial charge in [0.05, 0.1) is 19.7 Å². The SMILES string of the molecule is CO/N=C(\C(=O)N[C@@H]1C(=O)N2C(C(=O)O)=C(C[N+]3(C)CC[C@@H](O)[C@H](O)C3)CS[C@H]12)c1nsc(N)n1. The molecule has 4 heterocycles. The Morgan fingerprint density at radius 3 is 2.71 bits per heavy atom. The van der Waals surface area contributed by atoms with Gasteiger partial charge in [-0.25, -0.2) is 4.79 Å². The summed E-state index contributed by atoms with van der Waals surface area (Å²) in [5.41, 5.74) is 5.77. The highest BCUT2D eigenvalue weighted by Gasteiger charge is 2.55. The molecule has 1 unspecified atom stereocenters. The normalized spacial score (nSPS) is 31.0. The standard InChI is InChI=1S/C19H25N7O7S2/c1-26(4-3-9(27)10(28)6-26)5-8-7-34-17-12(16(30)25(17)13(8)18(31)32)21-15(29)11(23-33-2)14-22-19(20)35-24-14/h9-10,12,17,27-28H,3-7H2,1-2H3,(H3-,20,21,22,24,29,31,32)/p+1/b23-11-/t9-,10-,12-,17-,26?/m1/s1. The van der Waals surface area contributed by atoms with Crippen molar-refractivity contribution >= 4 is 51.9 Å². The summed E-state index contributed by atoms with van der Waals surface area (Å²) in [6.45, 7) is 1.15. The molecule has 2 saturated heterocycles. The Bertz CT molecular complexity index is 1110. The number of oxime groups is 1. The van der Waals surface area contributed by atoms with Crippen molar-refractivity contribution in [1.29, 1.82) is 0 Å². The Morgan fingerprint density at radius 2 is 2.11 bits per heavy atom. The molecule has 3 aliphatic rings. The average Bonchev–Trinajstić information content (AvgIpc) is 3.23. The van der Waals surface area contributed by atoms with Crippen LogP contribution in [0.1, 0.15) is 12.2 Å². The second-order valence-electron chi connectivity index (χ2n) is 8.80. The van der Waals surface area contributed by atoms with Crippen molar-refractivity contribution in [2.45, 2.75) is 30.0 Å². The van der Waals surface area contributed by atoms with Crippen molar-refractivity contribution in [1.82, 2.24) is 19.6 Å². The van der Waals surface area contributed by atoms with E-state index in [9.17, 15) is 29.7 Å². The third-order valence-electron chi connectivity index (χ3n) is 6.20. The van der Waals surface area contributed by atoms with E-state index < -0.39 is 41.4 Å². The molecule has 1 aromatic rings. The van der Waals surface area contributed by atoms with E-state index in [-0.39, 0.29) is 28.9 Å². The van der Waals surface area contributed by atoms with Crippen LogP contribution < -0.4 is 11.1 Å². The third-order valence-corrected chi connectivity index (χ3v) is 8.08. The lowest BCUT2D eigenvalue weighted by Gasteiger charge is -2.50. The van der Waals surface area contributed by atoms with Gasteiger partial charge in [0.1, 0.15) is 43.4 Å². The van der Waals surface area contributed by atoms with Crippen LogP contribution in [0.25, 0.3) is 0 Å². The number of nitrogen functional groups attached to an aromatic ring is 1. The number of likely N-dealkylation sites (tertiary alicyclic amines) is 1. The number of aliphatic hydroxyl groups is 2. The van der Waals surface area contributed by atoms with E-state index in [2.05, 4.69) is 19.8 Å². The first-order valence-corrected chi connectivity index (χ1v) is 12.5. The predicted molar refractivity (Wildman–Crippen MR) is 125 cm³/mol. The molecule has 0 spiro atoms. The smallest absolute Gasteiger partial charge is 0.352 e. The number of amides is 2. The molecule has 16 heteroatoms. The quantitative estimate of drug-likeness (QED) is 0.111. The number of anilines is 1. The lowest BCUT2D eigenvalue weighted by atomic mass is 9.99. The minimum atomic E-state index is -1.24. The summed E-state index contributed by atoms with van der Waals surface area (Å²) in [7, 11) is 3.13. The van der Waals surface area contributed by atoms with Gasteiger partial charge in [-0.1, -0.05) is 5.16 Å². The number of carboxylic acid groups (broad SMARTS) is 1. The number of aliphatic hydroxyl groups excluding tert-OH is 2. The van der Waals surface area contributed by atoms with Gasteiger partial charge in [-0.2, -0.15) is 9.36 Å².